The van der Waals surface area contributed by atoms with Crippen LogP contribution in [0.15, 0.2) is 48.7 Å². The number of ketones is 1. The quantitative estimate of drug-likeness (QED) is 0.605. The number of aromatic amines is 1. The van der Waals surface area contributed by atoms with E-state index in [-0.39, 0.29) is 18.3 Å². The second-order valence-corrected chi connectivity index (χ2v) is 8.35. The number of rotatable bonds is 5. The number of aliphatic hydroxyl groups excluding tert-OH is 1. The Morgan fingerprint density at radius 2 is 2.00 bits per heavy atom. The highest BCUT2D eigenvalue weighted by Crippen LogP contribution is 2.40. The molecule has 1 aromatic carbocycles. The first-order valence-corrected chi connectivity index (χ1v) is 10.0. The topological polar surface area (TPSA) is 95.1 Å². The Morgan fingerprint density at radius 1 is 1.23 bits per heavy atom. The monoisotopic (exact) mass is 403 g/mol. The van der Waals surface area contributed by atoms with Crippen molar-refractivity contribution in [3.63, 3.8) is 0 Å². The summed E-state index contributed by atoms with van der Waals surface area (Å²) < 4.78 is 0. The predicted octanol–water partition coefficient (Wildman–Crippen LogP) is 3.75. The molecule has 1 aliphatic rings. The van der Waals surface area contributed by atoms with Crippen LogP contribution in [0.4, 0.5) is 5.82 Å². The summed E-state index contributed by atoms with van der Waals surface area (Å²) in [7, 11) is 0. The molecule has 6 heteroatoms. The summed E-state index contributed by atoms with van der Waals surface area (Å²) in [5, 5.41) is 12.5. The maximum atomic E-state index is 13.1. The van der Waals surface area contributed by atoms with E-state index in [2.05, 4.69) is 15.3 Å². The second-order valence-electron chi connectivity index (χ2n) is 8.35. The van der Waals surface area contributed by atoms with Gasteiger partial charge >= 0.3 is 0 Å². The Balaban J connectivity index is 1.85. The van der Waals surface area contributed by atoms with Crippen LogP contribution in [0.3, 0.4) is 0 Å². The SMILES string of the molecule is CC(=O)Nc1cc(-c2[nH]c3c(c2Cc2ccccc2)C(=O)CC(C)(CO)C3)ccn1. The molecule has 0 spiro atoms. The molecule has 0 saturated carbocycles. The molecule has 30 heavy (non-hydrogen) atoms. The fourth-order valence-corrected chi connectivity index (χ4v) is 4.20. The first-order chi connectivity index (χ1) is 14.4. The molecule has 3 aromatic rings. The van der Waals surface area contributed by atoms with E-state index in [4.69, 9.17) is 0 Å². The van der Waals surface area contributed by atoms with Gasteiger partial charge in [-0.1, -0.05) is 37.3 Å². The average Bonchev–Trinajstić information content (AvgIpc) is 3.06. The molecule has 2 aromatic heterocycles. The van der Waals surface area contributed by atoms with Gasteiger partial charge in [0.2, 0.25) is 5.91 Å². The number of hydrogen-bond acceptors (Lipinski definition) is 4. The van der Waals surface area contributed by atoms with Crippen LogP contribution < -0.4 is 5.32 Å². The minimum atomic E-state index is -0.462. The van der Waals surface area contributed by atoms with E-state index < -0.39 is 5.41 Å². The standard InChI is InChI=1S/C24H25N3O3/c1-15(29)26-21-11-17(8-9-25-21)23-18(10-16-6-4-3-5-7-16)22-19(27-23)12-24(2,14-28)13-20(22)30/h3-9,11,27-28H,10,12-14H2,1-2H3,(H,25,26,29). The van der Waals surface area contributed by atoms with Crippen molar-refractivity contribution in [3.8, 4) is 11.3 Å². The molecule has 0 bridgehead atoms. The van der Waals surface area contributed by atoms with Crippen molar-refractivity contribution in [2.45, 2.75) is 33.1 Å². The Bertz CT molecular complexity index is 1100. The van der Waals surface area contributed by atoms with Crippen LogP contribution in [0.25, 0.3) is 11.3 Å². The summed E-state index contributed by atoms with van der Waals surface area (Å²) in [6.45, 7) is 3.34. The first-order valence-electron chi connectivity index (χ1n) is 10.0. The summed E-state index contributed by atoms with van der Waals surface area (Å²) in [4.78, 5) is 32.2. The third-order valence-corrected chi connectivity index (χ3v) is 5.61. The molecule has 1 unspecified atom stereocenters. The molecular formula is C24H25N3O3. The van der Waals surface area contributed by atoms with Gasteiger partial charge in [-0.25, -0.2) is 4.98 Å². The van der Waals surface area contributed by atoms with E-state index >= 15 is 0 Å². The number of pyridine rings is 1. The lowest BCUT2D eigenvalue weighted by molar-refractivity contribution is -0.114. The Hall–Kier alpha value is -3.25. The number of carbonyl (C=O) groups excluding carboxylic acids is 2. The summed E-state index contributed by atoms with van der Waals surface area (Å²) in [6.07, 6.45) is 3.19. The molecule has 1 atom stereocenters. The number of nitrogens with zero attached hydrogens (tertiary/aromatic N) is 1. The second kappa shape index (κ2) is 7.88. The van der Waals surface area contributed by atoms with Crippen LogP contribution in [0.2, 0.25) is 0 Å². The number of hydrogen-bond donors (Lipinski definition) is 3. The van der Waals surface area contributed by atoms with E-state index in [0.717, 1.165) is 33.6 Å². The Labute approximate surface area is 175 Å². The summed E-state index contributed by atoms with van der Waals surface area (Å²) >= 11 is 0. The zero-order valence-electron chi connectivity index (χ0n) is 17.2. The maximum Gasteiger partial charge on any atom is 0.222 e. The van der Waals surface area contributed by atoms with E-state index in [0.29, 0.717) is 25.1 Å². The smallest absolute Gasteiger partial charge is 0.222 e. The highest BCUT2D eigenvalue weighted by atomic mass is 16.3. The number of anilines is 1. The Kier molecular flexibility index (Phi) is 5.26. The molecule has 0 aliphatic heterocycles. The lowest BCUT2D eigenvalue weighted by atomic mass is 9.74. The van der Waals surface area contributed by atoms with Crippen molar-refractivity contribution >= 4 is 17.5 Å². The summed E-state index contributed by atoms with van der Waals surface area (Å²) in [5.74, 6) is 0.325. The highest BCUT2D eigenvalue weighted by molar-refractivity contribution is 6.02. The van der Waals surface area contributed by atoms with Gasteiger partial charge in [0.25, 0.3) is 0 Å². The van der Waals surface area contributed by atoms with Gasteiger partial charge in [-0.05, 0) is 29.7 Å². The number of benzene rings is 1. The molecule has 3 N–H and O–H groups in total. The highest BCUT2D eigenvalue weighted by Gasteiger charge is 2.38. The number of carbonyl (C=O) groups is 2. The van der Waals surface area contributed by atoms with Crippen LogP contribution >= 0.6 is 0 Å². The number of nitrogens with one attached hydrogen (secondary N) is 2. The van der Waals surface area contributed by atoms with Crippen molar-refractivity contribution < 1.29 is 14.7 Å². The van der Waals surface area contributed by atoms with E-state index in [1.54, 1.807) is 6.20 Å². The average molecular weight is 403 g/mol. The molecule has 4 rings (SSSR count). The molecule has 0 fully saturated rings. The van der Waals surface area contributed by atoms with Crippen molar-refractivity contribution in [1.82, 2.24) is 9.97 Å². The van der Waals surface area contributed by atoms with E-state index in [1.165, 1.54) is 6.92 Å². The van der Waals surface area contributed by atoms with Crippen molar-refractivity contribution in [2.24, 2.45) is 5.41 Å². The normalized spacial score (nSPS) is 18.2. The van der Waals surface area contributed by atoms with Crippen LogP contribution in [0, 0.1) is 5.41 Å². The Morgan fingerprint density at radius 3 is 2.70 bits per heavy atom. The zero-order chi connectivity index (χ0) is 21.3. The van der Waals surface area contributed by atoms with Crippen molar-refractivity contribution in [3.05, 3.63) is 71.0 Å². The number of aliphatic hydroxyl groups is 1. The maximum absolute atomic E-state index is 13.1. The number of H-pyrrole nitrogens is 1. The van der Waals surface area contributed by atoms with Gasteiger partial charge in [-0.3, -0.25) is 9.59 Å². The van der Waals surface area contributed by atoms with Gasteiger partial charge in [0.1, 0.15) is 5.82 Å². The number of Topliss-reactive ketones (excluding diaryl/α,β-unsaturated/α-hetero) is 1. The fourth-order valence-electron chi connectivity index (χ4n) is 4.20. The van der Waals surface area contributed by atoms with Crippen LogP contribution in [0.5, 0.6) is 0 Å². The van der Waals surface area contributed by atoms with E-state index in [9.17, 15) is 14.7 Å². The predicted molar refractivity (Wildman–Crippen MR) is 115 cm³/mol. The molecule has 0 saturated heterocycles. The third-order valence-electron chi connectivity index (χ3n) is 5.61. The lowest BCUT2D eigenvalue weighted by Crippen LogP contribution is -2.33. The van der Waals surface area contributed by atoms with Gasteiger partial charge in [0.15, 0.2) is 5.78 Å². The molecule has 154 valence electrons. The van der Waals surface area contributed by atoms with Crippen molar-refractivity contribution in [1.29, 1.82) is 0 Å². The first kappa shape index (κ1) is 20.0. The molecular weight excluding hydrogens is 378 g/mol. The molecule has 1 amide bonds. The van der Waals surface area contributed by atoms with Crippen LogP contribution in [0.1, 0.15) is 47.4 Å². The van der Waals surface area contributed by atoms with E-state index in [1.807, 2.05) is 49.4 Å². The minimum absolute atomic E-state index is 0.0392. The number of fused-ring (bicyclic) bond motifs is 1. The minimum Gasteiger partial charge on any atom is -0.396 e. The van der Waals surface area contributed by atoms with Gasteiger partial charge in [0, 0.05) is 54.8 Å². The molecule has 0 radical (unpaired) electrons. The van der Waals surface area contributed by atoms with Gasteiger partial charge in [0.05, 0.1) is 5.69 Å². The van der Waals surface area contributed by atoms with Crippen LogP contribution in [-0.4, -0.2) is 33.4 Å². The molecule has 2 heterocycles. The summed E-state index contributed by atoms with van der Waals surface area (Å²) in [6, 6.07) is 13.7. The number of aromatic nitrogens is 2. The van der Waals surface area contributed by atoms with Gasteiger partial charge in [-0.2, -0.15) is 0 Å². The van der Waals surface area contributed by atoms with Crippen LogP contribution in [-0.2, 0) is 17.6 Å². The molecule has 1 aliphatic carbocycles. The fraction of sp³-hybridized carbons (Fsp3) is 0.292. The third kappa shape index (κ3) is 3.91. The molecule has 6 nitrogen and oxygen atoms in total. The zero-order valence-corrected chi connectivity index (χ0v) is 17.2. The number of amides is 1. The lowest BCUT2D eigenvalue weighted by Gasteiger charge is -2.30. The summed E-state index contributed by atoms with van der Waals surface area (Å²) in [5.41, 5.74) is 4.90. The largest absolute Gasteiger partial charge is 0.396 e. The van der Waals surface area contributed by atoms with Crippen molar-refractivity contribution in [2.75, 3.05) is 11.9 Å². The van der Waals surface area contributed by atoms with Gasteiger partial charge in [-0.15, -0.1) is 0 Å². The van der Waals surface area contributed by atoms with Gasteiger partial charge < -0.3 is 15.4 Å².